The van der Waals surface area contributed by atoms with Crippen LogP contribution in [0.3, 0.4) is 0 Å². The zero-order chi connectivity index (χ0) is 16.8. The summed E-state index contributed by atoms with van der Waals surface area (Å²) in [5.74, 6) is 2.54. The lowest BCUT2D eigenvalue weighted by Crippen LogP contribution is -2.48. The van der Waals surface area contributed by atoms with Gasteiger partial charge in [-0.3, -0.25) is 10.2 Å². The summed E-state index contributed by atoms with van der Waals surface area (Å²) < 4.78 is 0. The largest absolute Gasteiger partial charge is 0.342 e. The van der Waals surface area contributed by atoms with E-state index in [0.29, 0.717) is 12.0 Å². The molecule has 132 valence electrons. The Kier molecular flexibility index (Phi) is 3.75. The van der Waals surface area contributed by atoms with E-state index in [4.69, 9.17) is 4.98 Å². The molecule has 3 fully saturated rings. The summed E-state index contributed by atoms with van der Waals surface area (Å²) in [7, 11) is 0. The standard InChI is InChI=1S/C19H25N5O/c25-19(17-11-16(22-23-17)12-5-6-12)24-9-7-13(8-10-24)18-20-14-3-1-2-4-15(14)21-18/h1-4,12-13,16-17,22-23H,5-11H2,(H,20,21). The number of imidazole rings is 1. The summed E-state index contributed by atoms with van der Waals surface area (Å²) in [6, 6.07) is 8.60. The fourth-order valence-corrected chi connectivity index (χ4v) is 4.31. The summed E-state index contributed by atoms with van der Waals surface area (Å²) >= 11 is 0. The number of piperidine rings is 1. The fraction of sp³-hybridized carbons (Fsp3) is 0.579. The average Bonchev–Trinajstić information content (AvgIpc) is 3.22. The number of benzene rings is 1. The number of amides is 1. The van der Waals surface area contributed by atoms with Crippen molar-refractivity contribution in [1.29, 1.82) is 0 Å². The van der Waals surface area contributed by atoms with E-state index in [1.165, 1.54) is 12.8 Å². The molecule has 6 heteroatoms. The molecule has 0 bridgehead atoms. The van der Waals surface area contributed by atoms with Crippen LogP contribution in [0.15, 0.2) is 24.3 Å². The molecule has 1 saturated carbocycles. The van der Waals surface area contributed by atoms with Crippen LogP contribution in [0.2, 0.25) is 0 Å². The van der Waals surface area contributed by atoms with Gasteiger partial charge < -0.3 is 9.88 Å². The molecule has 6 nitrogen and oxygen atoms in total. The van der Waals surface area contributed by atoms with Crippen LogP contribution in [0, 0.1) is 5.92 Å². The molecule has 1 aliphatic carbocycles. The van der Waals surface area contributed by atoms with E-state index >= 15 is 0 Å². The van der Waals surface area contributed by atoms with Crippen LogP contribution in [0.4, 0.5) is 0 Å². The number of likely N-dealkylation sites (tertiary alicyclic amines) is 1. The van der Waals surface area contributed by atoms with Crippen LogP contribution in [0.5, 0.6) is 0 Å². The molecule has 1 aromatic heterocycles. The fourth-order valence-electron chi connectivity index (χ4n) is 4.31. The molecule has 1 amide bonds. The Bertz CT molecular complexity index is 742. The van der Waals surface area contributed by atoms with Crippen LogP contribution in [0.25, 0.3) is 11.0 Å². The molecular formula is C19H25N5O. The number of para-hydroxylation sites is 2. The summed E-state index contributed by atoms with van der Waals surface area (Å²) in [5, 5.41) is 0. The van der Waals surface area contributed by atoms with Crippen LogP contribution >= 0.6 is 0 Å². The number of aromatic nitrogens is 2. The molecule has 2 atom stereocenters. The number of aromatic amines is 1. The van der Waals surface area contributed by atoms with Gasteiger partial charge in [-0.05, 0) is 50.2 Å². The van der Waals surface area contributed by atoms with Gasteiger partial charge in [-0.2, -0.15) is 0 Å². The third-order valence-electron chi connectivity index (χ3n) is 6.02. The number of fused-ring (bicyclic) bond motifs is 1. The molecule has 2 saturated heterocycles. The summed E-state index contributed by atoms with van der Waals surface area (Å²) in [6.45, 7) is 1.65. The second-order valence-corrected chi connectivity index (χ2v) is 7.76. The van der Waals surface area contributed by atoms with Gasteiger partial charge in [0, 0.05) is 25.0 Å². The number of carbonyl (C=O) groups excluding carboxylic acids is 1. The van der Waals surface area contributed by atoms with Crippen LogP contribution in [0.1, 0.15) is 43.8 Å². The van der Waals surface area contributed by atoms with Crippen molar-refractivity contribution in [2.45, 2.75) is 50.1 Å². The first-order chi connectivity index (χ1) is 12.3. The molecule has 2 unspecified atom stereocenters. The smallest absolute Gasteiger partial charge is 0.241 e. The molecule has 2 aliphatic heterocycles. The second kappa shape index (κ2) is 6.11. The van der Waals surface area contributed by atoms with E-state index < -0.39 is 0 Å². The van der Waals surface area contributed by atoms with E-state index in [0.717, 1.165) is 55.1 Å². The monoisotopic (exact) mass is 339 g/mol. The zero-order valence-electron chi connectivity index (χ0n) is 14.4. The minimum absolute atomic E-state index is 0.0478. The molecule has 5 rings (SSSR count). The summed E-state index contributed by atoms with van der Waals surface area (Å²) in [4.78, 5) is 23.0. The van der Waals surface area contributed by atoms with E-state index in [9.17, 15) is 4.79 Å². The topological polar surface area (TPSA) is 73.1 Å². The van der Waals surface area contributed by atoms with Crippen molar-refractivity contribution in [2.24, 2.45) is 5.92 Å². The van der Waals surface area contributed by atoms with Gasteiger partial charge in [0.05, 0.1) is 11.0 Å². The highest BCUT2D eigenvalue weighted by Gasteiger charge is 2.40. The number of hydrazine groups is 1. The lowest BCUT2D eigenvalue weighted by Gasteiger charge is -2.32. The third kappa shape index (κ3) is 2.93. The minimum atomic E-state index is -0.0478. The number of nitrogens with one attached hydrogen (secondary N) is 3. The Morgan fingerprint density at radius 3 is 2.64 bits per heavy atom. The number of hydrogen-bond donors (Lipinski definition) is 3. The van der Waals surface area contributed by atoms with Crippen molar-refractivity contribution >= 4 is 16.9 Å². The number of carbonyl (C=O) groups is 1. The minimum Gasteiger partial charge on any atom is -0.342 e. The SMILES string of the molecule is O=C(C1CC(C2CC2)NN1)N1CCC(c2nc3ccccc3[nH]2)CC1. The first-order valence-electron chi connectivity index (χ1n) is 9.52. The van der Waals surface area contributed by atoms with Gasteiger partial charge >= 0.3 is 0 Å². The van der Waals surface area contributed by atoms with Crippen LogP contribution in [-0.4, -0.2) is 45.9 Å². The number of H-pyrrole nitrogens is 1. The number of nitrogens with zero attached hydrogens (tertiary/aromatic N) is 2. The Morgan fingerprint density at radius 2 is 1.88 bits per heavy atom. The maximum atomic E-state index is 12.8. The van der Waals surface area contributed by atoms with E-state index in [2.05, 4.69) is 21.9 Å². The first kappa shape index (κ1) is 15.3. The Balaban J connectivity index is 1.20. The third-order valence-corrected chi connectivity index (χ3v) is 6.02. The van der Waals surface area contributed by atoms with Crippen molar-refractivity contribution in [3.63, 3.8) is 0 Å². The predicted molar refractivity (Wildman–Crippen MR) is 95.8 cm³/mol. The van der Waals surface area contributed by atoms with Gasteiger partial charge in [-0.15, -0.1) is 0 Å². The molecule has 0 spiro atoms. The van der Waals surface area contributed by atoms with Crippen molar-refractivity contribution in [2.75, 3.05) is 13.1 Å². The van der Waals surface area contributed by atoms with Crippen LogP contribution < -0.4 is 10.9 Å². The normalized spacial score (nSPS) is 27.9. The average molecular weight is 339 g/mol. The highest BCUT2D eigenvalue weighted by molar-refractivity contribution is 5.82. The maximum absolute atomic E-state index is 12.8. The first-order valence-corrected chi connectivity index (χ1v) is 9.52. The van der Waals surface area contributed by atoms with E-state index in [1.54, 1.807) is 0 Å². The summed E-state index contributed by atoms with van der Waals surface area (Å²) in [6.07, 6.45) is 5.52. The molecule has 3 aliphatic rings. The van der Waals surface area contributed by atoms with Gasteiger partial charge in [-0.25, -0.2) is 10.4 Å². The Hall–Kier alpha value is -1.92. The number of hydrogen-bond acceptors (Lipinski definition) is 4. The summed E-state index contributed by atoms with van der Waals surface area (Å²) in [5.41, 5.74) is 8.68. The van der Waals surface area contributed by atoms with Crippen molar-refractivity contribution in [3.05, 3.63) is 30.1 Å². The lowest BCUT2D eigenvalue weighted by molar-refractivity contribution is -0.134. The molecule has 25 heavy (non-hydrogen) atoms. The van der Waals surface area contributed by atoms with Crippen LogP contribution in [-0.2, 0) is 4.79 Å². The second-order valence-electron chi connectivity index (χ2n) is 7.76. The van der Waals surface area contributed by atoms with Crippen molar-refractivity contribution in [1.82, 2.24) is 25.7 Å². The Morgan fingerprint density at radius 1 is 1.08 bits per heavy atom. The predicted octanol–water partition coefficient (Wildman–Crippen LogP) is 1.91. The van der Waals surface area contributed by atoms with Gasteiger partial charge in [0.25, 0.3) is 0 Å². The maximum Gasteiger partial charge on any atom is 0.241 e. The van der Waals surface area contributed by atoms with Gasteiger partial charge in [0.2, 0.25) is 5.91 Å². The molecular weight excluding hydrogens is 314 g/mol. The van der Waals surface area contributed by atoms with Crippen molar-refractivity contribution in [3.8, 4) is 0 Å². The molecule has 3 heterocycles. The molecule has 1 aromatic carbocycles. The van der Waals surface area contributed by atoms with Crippen molar-refractivity contribution < 1.29 is 4.79 Å². The number of rotatable bonds is 3. The Labute approximate surface area is 147 Å². The lowest BCUT2D eigenvalue weighted by atomic mass is 9.95. The highest BCUT2D eigenvalue weighted by atomic mass is 16.2. The van der Waals surface area contributed by atoms with E-state index in [-0.39, 0.29) is 11.9 Å². The highest BCUT2D eigenvalue weighted by Crippen LogP contribution is 2.36. The zero-order valence-corrected chi connectivity index (χ0v) is 14.4. The molecule has 2 aromatic rings. The van der Waals surface area contributed by atoms with E-state index in [1.807, 2.05) is 23.1 Å². The quantitative estimate of drug-likeness (QED) is 0.799. The van der Waals surface area contributed by atoms with Gasteiger partial charge in [-0.1, -0.05) is 12.1 Å². The van der Waals surface area contributed by atoms with Gasteiger partial charge in [0.1, 0.15) is 11.9 Å². The molecule has 0 radical (unpaired) electrons. The van der Waals surface area contributed by atoms with Gasteiger partial charge in [0.15, 0.2) is 0 Å². The molecule has 3 N–H and O–H groups in total.